The molecule has 11 nitrogen and oxygen atoms in total. The number of imide groups is 2. The fourth-order valence-electron chi connectivity index (χ4n) is 6.43. The Morgan fingerprint density at radius 1 is 0.667 bits per heavy atom. The molecule has 2 aliphatic heterocycles. The van der Waals surface area contributed by atoms with Crippen LogP contribution in [-0.2, 0) is 0 Å². The van der Waals surface area contributed by atoms with Gasteiger partial charge < -0.3 is 5.32 Å². The molecule has 45 heavy (non-hydrogen) atoms. The first-order chi connectivity index (χ1) is 21.8. The van der Waals surface area contributed by atoms with Gasteiger partial charge in [-0.25, -0.2) is 0 Å². The Bertz CT molecular complexity index is 2110. The number of unbranched alkanes of at least 4 members (excludes halogenated alkanes) is 1. The monoisotopic (exact) mass is 601 g/mol. The minimum atomic E-state index is -0.544. The summed E-state index contributed by atoms with van der Waals surface area (Å²) in [6.45, 7) is 1.61. The Morgan fingerprint density at radius 2 is 1.29 bits per heavy atom. The van der Waals surface area contributed by atoms with Gasteiger partial charge in [0.2, 0.25) is 0 Å². The van der Waals surface area contributed by atoms with Crippen LogP contribution in [0.4, 0.5) is 5.69 Å². The third-order valence-corrected chi connectivity index (χ3v) is 8.54. The fourth-order valence-corrected chi connectivity index (χ4v) is 6.43. The SMILES string of the molecule is O=C1c2cccc3cc([N+](=O)[O-])cc(c23)C(=O)N1CCCCNCCCN1C(=O)c2cccc3c2c(cc2ncccc23)C1=O. The molecule has 0 radical (unpaired) electrons. The lowest BCUT2D eigenvalue weighted by atomic mass is 9.91. The van der Waals surface area contributed by atoms with Crippen molar-refractivity contribution >= 4 is 61.8 Å². The summed E-state index contributed by atoms with van der Waals surface area (Å²) in [5.74, 6) is -1.57. The maximum atomic E-state index is 13.4. The molecule has 1 aromatic heterocycles. The lowest BCUT2D eigenvalue weighted by Gasteiger charge is -2.27. The average molecular weight is 602 g/mol. The quantitative estimate of drug-likeness (QED) is 0.0766. The van der Waals surface area contributed by atoms with E-state index >= 15 is 0 Å². The van der Waals surface area contributed by atoms with Gasteiger partial charge in [-0.15, -0.1) is 0 Å². The van der Waals surface area contributed by atoms with E-state index in [1.807, 2.05) is 24.3 Å². The third-order valence-electron chi connectivity index (χ3n) is 8.54. The van der Waals surface area contributed by atoms with Gasteiger partial charge >= 0.3 is 0 Å². The van der Waals surface area contributed by atoms with E-state index in [9.17, 15) is 29.3 Å². The van der Waals surface area contributed by atoms with Crippen LogP contribution >= 0.6 is 0 Å². The predicted octanol–water partition coefficient (Wildman–Crippen LogP) is 5.10. The molecule has 0 atom stereocenters. The first kappa shape index (κ1) is 28.2. The van der Waals surface area contributed by atoms with Gasteiger partial charge in [0.25, 0.3) is 29.3 Å². The van der Waals surface area contributed by atoms with E-state index in [4.69, 9.17) is 0 Å². The number of non-ortho nitro benzene ring substituents is 1. The molecule has 0 bridgehead atoms. The van der Waals surface area contributed by atoms with Crippen LogP contribution in [0.25, 0.3) is 32.4 Å². The smallest absolute Gasteiger partial charge is 0.270 e. The Labute approximate surface area is 256 Å². The highest BCUT2D eigenvalue weighted by molar-refractivity contribution is 6.29. The molecule has 1 N–H and O–H groups in total. The van der Waals surface area contributed by atoms with Crippen LogP contribution in [0.2, 0.25) is 0 Å². The Kier molecular flexibility index (Phi) is 7.01. The number of benzene rings is 4. The molecule has 0 saturated heterocycles. The fraction of sp³-hybridized carbons (Fsp3) is 0.206. The second-order valence-electron chi connectivity index (χ2n) is 11.2. The molecule has 0 saturated carbocycles. The molecule has 4 aromatic carbocycles. The molecule has 2 aliphatic rings. The number of pyridine rings is 1. The van der Waals surface area contributed by atoms with Gasteiger partial charge in [-0.05, 0) is 67.4 Å². The van der Waals surface area contributed by atoms with Crippen LogP contribution in [0.15, 0.2) is 72.9 Å². The van der Waals surface area contributed by atoms with Crippen LogP contribution in [0.5, 0.6) is 0 Å². The van der Waals surface area contributed by atoms with Crippen molar-refractivity contribution in [3.05, 3.63) is 105 Å². The van der Waals surface area contributed by atoms with Crippen molar-refractivity contribution in [2.24, 2.45) is 0 Å². The standard InChI is InChI=1S/C34H27N5O6/c40-31-24-9-3-7-20-17-21(39(44)45)18-26(29(20)24)33(42)37(31)15-2-1-12-35-13-6-16-38-32(41)25-10-4-8-23-22-11-5-14-36-28(22)19-27(30(23)25)34(38)43/h3-5,7-11,14,17-19,35H,1-2,6,12-13,15-16H2. The van der Waals surface area contributed by atoms with Crippen molar-refractivity contribution in [3.8, 4) is 0 Å². The number of nitrogens with zero attached hydrogens (tertiary/aromatic N) is 4. The molecule has 0 aliphatic carbocycles. The molecule has 224 valence electrons. The largest absolute Gasteiger partial charge is 0.317 e. The molecule has 5 aromatic rings. The number of aromatic nitrogens is 1. The Balaban J connectivity index is 0.931. The van der Waals surface area contributed by atoms with Crippen LogP contribution in [0, 0.1) is 10.1 Å². The highest BCUT2D eigenvalue weighted by atomic mass is 16.6. The normalized spacial score (nSPS) is 14.3. The third kappa shape index (κ3) is 4.68. The van der Waals surface area contributed by atoms with Crippen molar-refractivity contribution in [3.63, 3.8) is 0 Å². The summed E-state index contributed by atoms with van der Waals surface area (Å²) in [7, 11) is 0. The first-order valence-electron chi connectivity index (χ1n) is 14.8. The lowest BCUT2D eigenvalue weighted by molar-refractivity contribution is -0.384. The summed E-state index contributed by atoms with van der Waals surface area (Å²) < 4.78 is 0. The number of fused-ring (bicyclic) bond motifs is 2. The number of nitro groups is 1. The first-order valence-corrected chi connectivity index (χ1v) is 14.8. The van der Waals surface area contributed by atoms with Crippen molar-refractivity contribution < 1.29 is 24.1 Å². The van der Waals surface area contributed by atoms with Crippen LogP contribution in [0.1, 0.15) is 60.7 Å². The van der Waals surface area contributed by atoms with Gasteiger partial charge in [0.1, 0.15) is 0 Å². The second-order valence-corrected chi connectivity index (χ2v) is 11.2. The topological polar surface area (TPSA) is 143 Å². The molecule has 0 unspecified atom stereocenters. The maximum Gasteiger partial charge on any atom is 0.270 e. The highest BCUT2D eigenvalue weighted by Gasteiger charge is 2.35. The average Bonchev–Trinajstić information content (AvgIpc) is 3.05. The summed E-state index contributed by atoms with van der Waals surface area (Å²) in [5.41, 5.74) is 2.03. The molecular formula is C34H27N5O6. The number of rotatable bonds is 10. The Morgan fingerprint density at radius 3 is 2.04 bits per heavy atom. The number of hydrogen-bond acceptors (Lipinski definition) is 8. The van der Waals surface area contributed by atoms with Crippen molar-refractivity contribution in [2.45, 2.75) is 19.3 Å². The van der Waals surface area contributed by atoms with Gasteiger partial charge in [0.15, 0.2) is 0 Å². The van der Waals surface area contributed by atoms with Gasteiger partial charge in [-0.1, -0.05) is 30.3 Å². The molecule has 0 spiro atoms. The summed E-state index contributed by atoms with van der Waals surface area (Å²) >= 11 is 0. The number of amides is 4. The summed E-state index contributed by atoms with van der Waals surface area (Å²) in [6, 6.07) is 18.6. The summed E-state index contributed by atoms with van der Waals surface area (Å²) in [6.07, 6.45) is 3.44. The minimum absolute atomic E-state index is 0.164. The minimum Gasteiger partial charge on any atom is -0.317 e. The number of nitro benzene ring substituents is 1. The van der Waals surface area contributed by atoms with Crippen molar-refractivity contribution in [2.75, 3.05) is 26.2 Å². The van der Waals surface area contributed by atoms with Crippen molar-refractivity contribution in [1.82, 2.24) is 20.1 Å². The van der Waals surface area contributed by atoms with E-state index in [0.717, 1.165) is 15.7 Å². The number of carbonyl (C=O) groups excluding carboxylic acids is 4. The Hall–Kier alpha value is -5.55. The van der Waals surface area contributed by atoms with E-state index < -0.39 is 16.7 Å². The van der Waals surface area contributed by atoms with E-state index in [-0.39, 0.29) is 36.2 Å². The van der Waals surface area contributed by atoms with E-state index in [0.29, 0.717) is 70.7 Å². The van der Waals surface area contributed by atoms with Gasteiger partial charge in [0, 0.05) is 58.7 Å². The maximum absolute atomic E-state index is 13.4. The molecular weight excluding hydrogens is 574 g/mol. The van der Waals surface area contributed by atoms with Crippen molar-refractivity contribution in [1.29, 1.82) is 0 Å². The number of nitrogens with one attached hydrogen (secondary N) is 1. The van der Waals surface area contributed by atoms with Crippen LogP contribution in [0.3, 0.4) is 0 Å². The predicted molar refractivity (Wildman–Crippen MR) is 167 cm³/mol. The summed E-state index contributed by atoms with van der Waals surface area (Å²) in [5, 5.41) is 18.1. The van der Waals surface area contributed by atoms with Gasteiger partial charge in [-0.3, -0.25) is 44.1 Å². The molecule has 3 heterocycles. The number of hydrogen-bond donors (Lipinski definition) is 1. The second kappa shape index (κ2) is 11.2. The molecule has 11 heteroatoms. The zero-order valence-electron chi connectivity index (χ0n) is 24.1. The lowest BCUT2D eigenvalue weighted by Crippen LogP contribution is -2.41. The van der Waals surface area contributed by atoms with Crippen LogP contribution < -0.4 is 5.32 Å². The summed E-state index contributed by atoms with van der Waals surface area (Å²) in [4.78, 5) is 70.8. The van der Waals surface area contributed by atoms with E-state index in [2.05, 4.69) is 10.3 Å². The number of carbonyl (C=O) groups is 4. The van der Waals surface area contributed by atoms with Gasteiger partial charge in [0.05, 0.1) is 21.6 Å². The molecule has 0 fully saturated rings. The van der Waals surface area contributed by atoms with E-state index in [1.165, 1.54) is 17.0 Å². The zero-order valence-corrected chi connectivity index (χ0v) is 24.1. The van der Waals surface area contributed by atoms with E-state index in [1.54, 1.807) is 36.5 Å². The van der Waals surface area contributed by atoms with Gasteiger partial charge in [-0.2, -0.15) is 0 Å². The molecule has 4 amide bonds. The molecule has 7 rings (SSSR count). The zero-order chi connectivity index (χ0) is 31.2. The highest BCUT2D eigenvalue weighted by Crippen LogP contribution is 2.35. The van der Waals surface area contributed by atoms with Crippen LogP contribution in [-0.4, -0.2) is 69.5 Å².